The van der Waals surface area contributed by atoms with E-state index in [1.807, 2.05) is 43.9 Å². The van der Waals surface area contributed by atoms with Gasteiger partial charge in [0.25, 0.3) is 0 Å². The molecule has 1 aliphatic heterocycles. The van der Waals surface area contributed by atoms with Gasteiger partial charge in [0.05, 0.1) is 12.2 Å². The molecule has 0 aromatic heterocycles. The second-order valence-electron chi connectivity index (χ2n) is 5.59. The molecule has 0 radical (unpaired) electrons. The SMILES string of the molecule is CC1CN(C(=O)C(C)Cc2ccccc2)CC(C)O1. The molecular weight excluding hydrogens is 238 g/mol. The summed E-state index contributed by atoms with van der Waals surface area (Å²) in [5.74, 6) is 0.269. The lowest BCUT2D eigenvalue weighted by atomic mass is 9.99. The highest BCUT2D eigenvalue weighted by Crippen LogP contribution is 2.16. The molecule has 3 heteroatoms. The fraction of sp³-hybridized carbons (Fsp3) is 0.562. The summed E-state index contributed by atoms with van der Waals surface area (Å²) in [5.41, 5.74) is 1.22. The van der Waals surface area contributed by atoms with Gasteiger partial charge in [0.15, 0.2) is 0 Å². The monoisotopic (exact) mass is 261 g/mol. The molecule has 1 aromatic rings. The number of carbonyl (C=O) groups is 1. The zero-order valence-electron chi connectivity index (χ0n) is 12.0. The van der Waals surface area contributed by atoms with Gasteiger partial charge in [-0.05, 0) is 25.8 Å². The van der Waals surface area contributed by atoms with Crippen molar-refractivity contribution in [2.24, 2.45) is 5.92 Å². The Labute approximate surface area is 115 Å². The molecule has 1 heterocycles. The van der Waals surface area contributed by atoms with Crippen molar-refractivity contribution < 1.29 is 9.53 Å². The Kier molecular flexibility index (Phi) is 4.59. The molecule has 0 spiro atoms. The standard InChI is InChI=1S/C16H23NO2/c1-12(9-15-7-5-4-6-8-15)16(18)17-10-13(2)19-14(3)11-17/h4-8,12-14H,9-11H2,1-3H3. The zero-order chi connectivity index (χ0) is 13.8. The Hall–Kier alpha value is -1.35. The average molecular weight is 261 g/mol. The van der Waals surface area contributed by atoms with E-state index >= 15 is 0 Å². The number of morpholine rings is 1. The largest absolute Gasteiger partial charge is 0.372 e. The molecule has 1 aromatic carbocycles. The lowest BCUT2D eigenvalue weighted by Gasteiger charge is -2.36. The lowest BCUT2D eigenvalue weighted by Crippen LogP contribution is -2.50. The van der Waals surface area contributed by atoms with Crippen molar-refractivity contribution in [2.75, 3.05) is 13.1 Å². The maximum absolute atomic E-state index is 12.5. The zero-order valence-corrected chi connectivity index (χ0v) is 12.0. The normalized spacial score (nSPS) is 25.1. The van der Waals surface area contributed by atoms with Crippen molar-refractivity contribution in [3.8, 4) is 0 Å². The Morgan fingerprint density at radius 2 is 1.84 bits per heavy atom. The third-order valence-electron chi connectivity index (χ3n) is 3.54. The molecule has 3 atom stereocenters. The Balaban J connectivity index is 1.95. The Bertz CT molecular complexity index is 408. The summed E-state index contributed by atoms with van der Waals surface area (Å²) in [6.07, 6.45) is 1.08. The number of rotatable bonds is 3. The first-order valence-electron chi connectivity index (χ1n) is 7.04. The van der Waals surface area contributed by atoms with Gasteiger partial charge in [-0.25, -0.2) is 0 Å². The van der Waals surface area contributed by atoms with Crippen LogP contribution in [-0.4, -0.2) is 36.1 Å². The van der Waals surface area contributed by atoms with Crippen LogP contribution in [0.2, 0.25) is 0 Å². The van der Waals surface area contributed by atoms with Gasteiger partial charge in [0.1, 0.15) is 0 Å². The summed E-state index contributed by atoms with van der Waals surface area (Å²) in [4.78, 5) is 14.4. The number of amides is 1. The lowest BCUT2D eigenvalue weighted by molar-refractivity contribution is -0.146. The summed E-state index contributed by atoms with van der Waals surface area (Å²) in [6, 6.07) is 10.2. The number of nitrogens with zero attached hydrogens (tertiary/aromatic N) is 1. The second-order valence-corrected chi connectivity index (χ2v) is 5.59. The molecule has 2 rings (SSSR count). The van der Waals surface area contributed by atoms with Gasteiger partial charge in [-0.3, -0.25) is 4.79 Å². The quantitative estimate of drug-likeness (QED) is 0.836. The molecule has 1 saturated heterocycles. The third-order valence-corrected chi connectivity index (χ3v) is 3.54. The molecule has 104 valence electrons. The molecule has 3 unspecified atom stereocenters. The first-order chi connectivity index (χ1) is 9.06. The third kappa shape index (κ3) is 3.80. The van der Waals surface area contributed by atoms with Crippen LogP contribution in [0.4, 0.5) is 0 Å². The van der Waals surface area contributed by atoms with Crippen LogP contribution in [0.1, 0.15) is 26.3 Å². The molecule has 3 nitrogen and oxygen atoms in total. The van der Waals surface area contributed by atoms with Crippen molar-refractivity contribution in [3.05, 3.63) is 35.9 Å². The highest BCUT2D eigenvalue weighted by Gasteiger charge is 2.28. The van der Waals surface area contributed by atoms with Gasteiger partial charge in [-0.2, -0.15) is 0 Å². The summed E-state index contributed by atoms with van der Waals surface area (Å²) in [5, 5.41) is 0. The van der Waals surface area contributed by atoms with Crippen LogP contribution >= 0.6 is 0 Å². The van der Waals surface area contributed by atoms with Crippen LogP contribution in [0.25, 0.3) is 0 Å². The smallest absolute Gasteiger partial charge is 0.225 e. The van der Waals surface area contributed by atoms with E-state index in [1.165, 1.54) is 5.56 Å². The van der Waals surface area contributed by atoms with Crippen molar-refractivity contribution >= 4 is 5.91 Å². The maximum atomic E-state index is 12.5. The average Bonchev–Trinajstić information content (AvgIpc) is 2.37. The minimum absolute atomic E-state index is 0.0277. The van der Waals surface area contributed by atoms with Gasteiger partial charge >= 0.3 is 0 Å². The van der Waals surface area contributed by atoms with Gasteiger partial charge in [0.2, 0.25) is 5.91 Å². The molecule has 1 amide bonds. The van der Waals surface area contributed by atoms with E-state index in [-0.39, 0.29) is 24.0 Å². The van der Waals surface area contributed by atoms with Crippen molar-refractivity contribution in [3.63, 3.8) is 0 Å². The van der Waals surface area contributed by atoms with E-state index in [9.17, 15) is 4.79 Å². The topological polar surface area (TPSA) is 29.5 Å². The Morgan fingerprint density at radius 3 is 2.42 bits per heavy atom. The van der Waals surface area contributed by atoms with Crippen molar-refractivity contribution in [1.82, 2.24) is 4.90 Å². The molecule has 0 aliphatic carbocycles. The van der Waals surface area contributed by atoms with E-state index < -0.39 is 0 Å². The second kappa shape index (κ2) is 6.20. The van der Waals surface area contributed by atoms with Crippen LogP contribution < -0.4 is 0 Å². The van der Waals surface area contributed by atoms with Crippen LogP contribution in [0.3, 0.4) is 0 Å². The number of ether oxygens (including phenoxy) is 1. The minimum Gasteiger partial charge on any atom is -0.372 e. The van der Waals surface area contributed by atoms with Crippen LogP contribution in [0.5, 0.6) is 0 Å². The van der Waals surface area contributed by atoms with Gasteiger partial charge in [-0.15, -0.1) is 0 Å². The number of hydrogen-bond acceptors (Lipinski definition) is 2. The van der Waals surface area contributed by atoms with Crippen LogP contribution in [-0.2, 0) is 16.0 Å². The van der Waals surface area contributed by atoms with Crippen molar-refractivity contribution in [2.45, 2.75) is 39.4 Å². The summed E-state index contributed by atoms with van der Waals surface area (Å²) < 4.78 is 5.67. The predicted octanol–water partition coefficient (Wildman–Crippen LogP) is 2.50. The molecule has 19 heavy (non-hydrogen) atoms. The van der Waals surface area contributed by atoms with E-state index in [1.54, 1.807) is 0 Å². The number of hydrogen-bond donors (Lipinski definition) is 0. The van der Waals surface area contributed by atoms with E-state index in [4.69, 9.17) is 4.74 Å². The number of carbonyl (C=O) groups excluding carboxylic acids is 1. The van der Waals surface area contributed by atoms with Crippen molar-refractivity contribution in [1.29, 1.82) is 0 Å². The first kappa shape index (κ1) is 14.1. The number of benzene rings is 1. The van der Waals surface area contributed by atoms with Crippen LogP contribution in [0, 0.1) is 5.92 Å². The molecular formula is C16H23NO2. The fourth-order valence-corrected chi connectivity index (χ4v) is 2.72. The maximum Gasteiger partial charge on any atom is 0.225 e. The van der Waals surface area contributed by atoms with Gasteiger partial charge in [-0.1, -0.05) is 37.3 Å². The van der Waals surface area contributed by atoms with Gasteiger partial charge in [0, 0.05) is 19.0 Å². The van der Waals surface area contributed by atoms with E-state index in [0.29, 0.717) is 13.1 Å². The van der Waals surface area contributed by atoms with E-state index in [2.05, 4.69) is 12.1 Å². The minimum atomic E-state index is 0.0277. The van der Waals surface area contributed by atoms with E-state index in [0.717, 1.165) is 6.42 Å². The molecule has 1 fully saturated rings. The summed E-state index contributed by atoms with van der Waals surface area (Å²) in [6.45, 7) is 7.49. The molecule has 0 bridgehead atoms. The molecule has 0 saturated carbocycles. The Morgan fingerprint density at radius 1 is 1.26 bits per heavy atom. The van der Waals surface area contributed by atoms with Crippen LogP contribution in [0.15, 0.2) is 30.3 Å². The molecule has 1 aliphatic rings. The highest BCUT2D eigenvalue weighted by molar-refractivity contribution is 5.79. The fourth-order valence-electron chi connectivity index (χ4n) is 2.72. The summed E-state index contributed by atoms with van der Waals surface area (Å²) in [7, 11) is 0. The predicted molar refractivity (Wildman–Crippen MR) is 75.9 cm³/mol. The summed E-state index contributed by atoms with van der Waals surface area (Å²) >= 11 is 0. The first-order valence-corrected chi connectivity index (χ1v) is 7.04. The van der Waals surface area contributed by atoms with Gasteiger partial charge < -0.3 is 9.64 Å². The molecule has 0 N–H and O–H groups in total. The highest BCUT2D eigenvalue weighted by atomic mass is 16.5.